The van der Waals surface area contributed by atoms with Crippen molar-refractivity contribution in [3.05, 3.63) is 36.3 Å². The molecule has 2 aliphatic rings. The van der Waals surface area contributed by atoms with E-state index in [0.29, 0.717) is 11.6 Å². The molecule has 2 aromatic rings. The Bertz CT molecular complexity index is 843. The van der Waals surface area contributed by atoms with Gasteiger partial charge in [0.15, 0.2) is 0 Å². The van der Waals surface area contributed by atoms with Crippen LogP contribution in [0, 0.1) is 11.3 Å². The number of aliphatic hydroxyl groups excluding tert-OH is 1. The lowest BCUT2D eigenvalue weighted by Crippen LogP contribution is -2.42. The monoisotopic (exact) mass is 393 g/mol. The molecule has 2 saturated heterocycles. The minimum atomic E-state index is 0.148. The number of piperidine rings is 2. The van der Waals surface area contributed by atoms with Gasteiger partial charge in [0.2, 0.25) is 0 Å². The number of aromatic nitrogens is 3. The summed E-state index contributed by atoms with van der Waals surface area (Å²) in [6.07, 6.45) is 8.51. The summed E-state index contributed by atoms with van der Waals surface area (Å²) in [6.45, 7) is 2.91. The van der Waals surface area contributed by atoms with Crippen LogP contribution in [-0.2, 0) is 0 Å². The van der Waals surface area contributed by atoms with Gasteiger partial charge in [0.1, 0.15) is 29.9 Å². The summed E-state index contributed by atoms with van der Waals surface area (Å²) >= 11 is 0. The maximum Gasteiger partial charge on any atom is 0.134 e. The molecule has 0 saturated carbocycles. The molecule has 29 heavy (non-hydrogen) atoms. The third-order valence-electron chi connectivity index (χ3n) is 5.83. The Balaban J connectivity index is 1.35. The van der Waals surface area contributed by atoms with Gasteiger partial charge < -0.3 is 20.2 Å². The Labute approximate surface area is 171 Å². The second-order valence-electron chi connectivity index (χ2n) is 7.71. The molecule has 0 spiro atoms. The standard InChI is InChI=1S/C21H27N7O/c22-12-16-4-5-20(23-13-16)27-9-6-17(7-10-27)26-19-11-21(25-15-24-19)28-8-2-1-3-18(28)14-29/h4-5,11,13,15,17-18,29H,1-3,6-10,14H2,(H,24,25,26). The first-order valence-electron chi connectivity index (χ1n) is 10.3. The topological polar surface area (TPSA) is 101 Å². The van der Waals surface area contributed by atoms with Gasteiger partial charge >= 0.3 is 0 Å². The van der Waals surface area contributed by atoms with E-state index >= 15 is 0 Å². The minimum Gasteiger partial charge on any atom is -0.394 e. The predicted octanol–water partition coefficient (Wildman–Crippen LogP) is 2.18. The van der Waals surface area contributed by atoms with E-state index in [1.165, 1.54) is 0 Å². The van der Waals surface area contributed by atoms with Crippen molar-refractivity contribution in [2.24, 2.45) is 0 Å². The van der Waals surface area contributed by atoms with Gasteiger partial charge in [-0.05, 0) is 44.2 Å². The van der Waals surface area contributed by atoms with E-state index in [4.69, 9.17) is 5.26 Å². The Morgan fingerprint density at radius 1 is 1.07 bits per heavy atom. The molecular formula is C21H27N7O. The van der Waals surface area contributed by atoms with Crippen LogP contribution in [0.25, 0.3) is 0 Å². The SMILES string of the molecule is N#Cc1ccc(N2CCC(Nc3cc(N4CCCCC4CO)ncn3)CC2)nc1. The average Bonchev–Trinajstić information content (AvgIpc) is 2.80. The molecule has 2 aliphatic heterocycles. The zero-order valence-electron chi connectivity index (χ0n) is 16.5. The Hall–Kier alpha value is -2.92. The van der Waals surface area contributed by atoms with E-state index in [1.807, 2.05) is 18.2 Å². The van der Waals surface area contributed by atoms with Gasteiger partial charge in [-0.3, -0.25) is 0 Å². The molecule has 2 aromatic heterocycles. The smallest absolute Gasteiger partial charge is 0.134 e. The van der Waals surface area contributed by atoms with Gasteiger partial charge in [0.05, 0.1) is 18.2 Å². The molecule has 152 valence electrons. The number of rotatable bonds is 5. The van der Waals surface area contributed by atoms with Crippen molar-refractivity contribution in [2.75, 3.05) is 41.4 Å². The van der Waals surface area contributed by atoms with Crippen LogP contribution in [0.3, 0.4) is 0 Å². The van der Waals surface area contributed by atoms with Crippen LogP contribution in [-0.4, -0.2) is 58.4 Å². The summed E-state index contributed by atoms with van der Waals surface area (Å²) in [6, 6.07) is 8.34. The number of hydrogen-bond donors (Lipinski definition) is 2. The number of hydrogen-bond acceptors (Lipinski definition) is 8. The summed E-state index contributed by atoms with van der Waals surface area (Å²) in [5.41, 5.74) is 0.585. The van der Waals surface area contributed by atoms with Crippen LogP contribution in [0.2, 0.25) is 0 Å². The summed E-state index contributed by atoms with van der Waals surface area (Å²) in [4.78, 5) is 17.7. The van der Waals surface area contributed by atoms with E-state index in [9.17, 15) is 5.11 Å². The Kier molecular flexibility index (Phi) is 6.06. The molecule has 0 radical (unpaired) electrons. The van der Waals surface area contributed by atoms with E-state index < -0.39 is 0 Å². The summed E-state index contributed by atoms with van der Waals surface area (Å²) in [5, 5.41) is 22.1. The van der Waals surface area contributed by atoms with Crippen molar-refractivity contribution in [3.63, 3.8) is 0 Å². The lowest BCUT2D eigenvalue weighted by atomic mass is 10.0. The molecule has 4 rings (SSSR count). The highest BCUT2D eigenvalue weighted by molar-refractivity contribution is 5.50. The molecule has 0 amide bonds. The fourth-order valence-corrected chi connectivity index (χ4v) is 4.18. The predicted molar refractivity (Wildman–Crippen MR) is 112 cm³/mol. The number of nitrogens with zero attached hydrogens (tertiary/aromatic N) is 6. The van der Waals surface area contributed by atoms with E-state index in [1.54, 1.807) is 12.5 Å². The Morgan fingerprint density at radius 3 is 2.66 bits per heavy atom. The van der Waals surface area contributed by atoms with E-state index in [-0.39, 0.29) is 12.6 Å². The normalized spacial score (nSPS) is 20.3. The molecule has 8 heteroatoms. The molecule has 0 bridgehead atoms. The minimum absolute atomic E-state index is 0.148. The third-order valence-corrected chi connectivity index (χ3v) is 5.83. The molecule has 1 unspecified atom stereocenters. The summed E-state index contributed by atoms with van der Waals surface area (Å²) < 4.78 is 0. The highest BCUT2D eigenvalue weighted by Crippen LogP contribution is 2.25. The zero-order valence-corrected chi connectivity index (χ0v) is 16.5. The van der Waals surface area contributed by atoms with Crippen molar-refractivity contribution in [3.8, 4) is 6.07 Å². The van der Waals surface area contributed by atoms with Crippen LogP contribution >= 0.6 is 0 Å². The first-order chi connectivity index (χ1) is 14.3. The van der Waals surface area contributed by atoms with Crippen molar-refractivity contribution in [1.82, 2.24) is 15.0 Å². The van der Waals surface area contributed by atoms with Gasteiger partial charge in [0, 0.05) is 37.9 Å². The van der Waals surface area contributed by atoms with Crippen LogP contribution in [0.15, 0.2) is 30.7 Å². The quantitative estimate of drug-likeness (QED) is 0.797. The van der Waals surface area contributed by atoms with Crippen LogP contribution in [0.1, 0.15) is 37.7 Å². The second kappa shape index (κ2) is 9.05. The van der Waals surface area contributed by atoms with Crippen molar-refractivity contribution in [1.29, 1.82) is 5.26 Å². The molecule has 2 N–H and O–H groups in total. The van der Waals surface area contributed by atoms with Gasteiger partial charge in [-0.1, -0.05) is 0 Å². The fourth-order valence-electron chi connectivity index (χ4n) is 4.18. The van der Waals surface area contributed by atoms with Crippen molar-refractivity contribution >= 4 is 17.5 Å². The highest BCUT2D eigenvalue weighted by atomic mass is 16.3. The Morgan fingerprint density at radius 2 is 1.93 bits per heavy atom. The largest absolute Gasteiger partial charge is 0.394 e. The summed E-state index contributed by atoms with van der Waals surface area (Å²) in [5.74, 6) is 2.65. The van der Waals surface area contributed by atoms with Crippen LogP contribution in [0.5, 0.6) is 0 Å². The molecular weight excluding hydrogens is 366 g/mol. The number of nitriles is 1. The number of anilines is 3. The van der Waals surface area contributed by atoms with Gasteiger partial charge in [-0.2, -0.15) is 5.26 Å². The van der Waals surface area contributed by atoms with Crippen LogP contribution in [0.4, 0.5) is 17.5 Å². The summed E-state index contributed by atoms with van der Waals surface area (Å²) in [7, 11) is 0. The first kappa shape index (κ1) is 19.4. The lowest BCUT2D eigenvalue weighted by molar-refractivity contribution is 0.239. The first-order valence-corrected chi connectivity index (χ1v) is 10.3. The highest BCUT2D eigenvalue weighted by Gasteiger charge is 2.24. The molecule has 4 heterocycles. The molecule has 8 nitrogen and oxygen atoms in total. The second-order valence-corrected chi connectivity index (χ2v) is 7.71. The number of aliphatic hydroxyl groups is 1. The molecule has 2 fully saturated rings. The van der Waals surface area contributed by atoms with E-state index in [2.05, 4.69) is 36.1 Å². The van der Waals surface area contributed by atoms with Gasteiger partial charge in [-0.25, -0.2) is 15.0 Å². The molecule has 1 atom stereocenters. The van der Waals surface area contributed by atoms with Crippen molar-refractivity contribution in [2.45, 2.75) is 44.2 Å². The third kappa shape index (κ3) is 4.57. The maximum absolute atomic E-state index is 9.67. The maximum atomic E-state index is 9.67. The fraction of sp³-hybridized carbons (Fsp3) is 0.524. The molecule has 0 aliphatic carbocycles. The lowest BCUT2D eigenvalue weighted by Gasteiger charge is -2.36. The van der Waals surface area contributed by atoms with Gasteiger partial charge in [0.25, 0.3) is 0 Å². The van der Waals surface area contributed by atoms with E-state index in [0.717, 1.165) is 69.2 Å². The van der Waals surface area contributed by atoms with Gasteiger partial charge in [-0.15, -0.1) is 0 Å². The molecule has 0 aromatic carbocycles. The zero-order chi connectivity index (χ0) is 20.1. The number of nitrogens with one attached hydrogen (secondary N) is 1. The van der Waals surface area contributed by atoms with Crippen molar-refractivity contribution < 1.29 is 5.11 Å². The van der Waals surface area contributed by atoms with Crippen LogP contribution < -0.4 is 15.1 Å². The average molecular weight is 393 g/mol. The number of pyridine rings is 1.